The quantitative estimate of drug-likeness (QED) is 0.642. The molecule has 1 N–H and O–H groups in total. The summed E-state index contributed by atoms with van der Waals surface area (Å²) in [5.74, 6) is -0.124. The summed E-state index contributed by atoms with van der Waals surface area (Å²) in [5.41, 5.74) is 2.37. The van der Waals surface area contributed by atoms with Gasteiger partial charge in [-0.05, 0) is 36.4 Å². The van der Waals surface area contributed by atoms with E-state index in [0.29, 0.717) is 18.9 Å². The Balaban J connectivity index is 1.78. The van der Waals surface area contributed by atoms with Crippen molar-refractivity contribution in [2.45, 2.75) is 43.4 Å². The van der Waals surface area contributed by atoms with Gasteiger partial charge in [-0.25, -0.2) is 17.9 Å². The Morgan fingerprint density at radius 2 is 2.03 bits per heavy atom. The fourth-order valence-corrected chi connectivity index (χ4v) is 6.71. The molecular formula is C21H28N2O4S2. The van der Waals surface area contributed by atoms with Gasteiger partial charge in [0, 0.05) is 24.5 Å². The topological polar surface area (TPSA) is 75.7 Å². The summed E-state index contributed by atoms with van der Waals surface area (Å²) in [6, 6.07) is 10.4. The van der Waals surface area contributed by atoms with Crippen LogP contribution < -0.4 is 4.72 Å². The SMILES string of the molecule is CCNS(=O)(=O)c1sc2c(c1C(=O)OC)CCN(CCC(C)c1ccccc1)C2. The standard InChI is InChI=1S/C21H28N2O4S2/c1-4-22-29(25,26)21-19(20(24)27-3)17-11-13-23(14-18(17)28-21)12-10-15(2)16-8-6-5-7-9-16/h5-9,15,22H,4,10-14H2,1-3H3. The van der Waals surface area contributed by atoms with Crippen LogP contribution >= 0.6 is 11.3 Å². The fraction of sp³-hybridized carbons (Fsp3) is 0.476. The molecule has 0 saturated carbocycles. The Labute approximate surface area is 176 Å². The predicted molar refractivity (Wildman–Crippen MR) is 115 cm³/mol. The second kappa shape index (κ2) is 9.38. The lowest BCUT2D eigenvalue weighted by Crippen LogP contribution is -2.31. The number of methoxy groups -OCH3 is 1. The summed E-state index contributed by atoms with van der Waals surface area (Å²) < 4.78 is 32.7. The molecule has 1 unspecified atom stereocenters. The molecule has 8 heteroatoms. The van der Waals surface area contributed by atoms with E-state index in [4.69, 9.17) is 4.74 Å². The maximum Gasteiger partial charge on any atom is 0.340 e. The summed E-state index contributed by atoms with van der Waals surface area (Å²) in [4.78, 5) is 15.6. The van der Waals surface area contributed by atoms with Crippen LogP contribution in [-0.2, 0) is 27.7 Å². The molecule has 1 aliphatic heterocycles. The molecule has 158 valence electrons. The summed E-state index contributed by atoms with van der Waals surface area (Å²) >= 11 is 1.19. The fourth-order valence-electron chi connectivity index (χ4n) is 3.70. The maximum absolute atomic E-state index is 12.6. The highest BCUT2D eigenvalue weighted by molar-refractivity contribution is 7.91. The molecule has 0 amide bonds. The maximum atomic E-state index is 12.6. The Kier molecular flexibility index (Phi) is 7.10. The lowest BCUT2D eigenvalue weighted by atomic mass is 9.97. The van der Waals surface area contributed by atoms with Gasteiger partial charge < -0.3 is 4.74 Å². The first-order valence-corrected chi connectivity index (χ1v) is 12.2. The molecule has 3 rings (SSSR count). The highest BCUT2D eigenvalue weighted by Crippen LogP contribution is 2.36. The van der Waals surface area contributed by atoms with Crippen LogP contribution in [0.15, 0.2) is 34.5 Å². The number of carbonyl (C=O) groups excluding carboxylic acids is 1. The molecule has 1 aromatic heterocycles. The molecule has 0 spiro atoms. The largest absolute Gasteiger partial charge is 0.465 e. The van der Waals surface area contributed by atoms with Crippen molar-refractivity contribution >= 4 is 27.3 Å². The third kappa shape index (κ3) is 4.88. The van der Waals surface area contributed by atoms with Crippen LogP contribution in [0.5, 0.6) is 0 Å². The van der Waals surface area contributed by atoms with Crippen molar-refractivity contribution in [1.29, 1.82) is 0 Å². The van der Waals surface area contributed by atoms with E-state index < -0.39 is 16.0 Å². The zero-order valence-corrected chi connectivity index (χ0v) is 18.7. The van der Waals surface area contributed by atoms with E-state index in [1.165, 1.54) is 24.0 Å². The van der Waals surface area contributed by atoms with Crippen LogP contribution in [0, 0.1) is 0 Å². The number of esters is 1. The van der Waals surface area contributed by atoms with E-state index in [9.17, 15) is 13.2 Å². The summed E-state index contributed by atoms with van der Waals surface area (Å²) in [6.45, 7) is 6.61. The van der Waals surface area contributed by atoms with Crippen LogP contribution in [0.4, 0.5) is 0 Å². The number of ether oxygens (including phenoxy) is 1. The number of hydrogen-bond donors (Lipinski definition) is 1. The van der Waals surface area contributed by atoms with Crippen molar-refractivity contribution in [3.8, 4) is 0 Å². The van der Waals surface area contributed by atoms with Gasteiger partial charge in [0.25, 0.3) is 10.0 Å². The number of sulfonamides is 1. The molecule has 29 heavy (non-hydrogen) atoms. The van der Waals surface area contributed by atoms with Gasteiger partial charge in [0.2, 0.25) is 0 Å². The molecule has 0 aliphatic carbocycles. The second-order valence-electron chi connectivity index (χ2n) is 7.29. The van der Waals surface area contributed by atoms with Crippen molar-refractivity contribution in [3.05, 3.63) is 51.9 Å². The van der Waals surface area contributed by atoms with Crippen molar-refractivity contribution in [3.63, 3.8) is 0 Å². The smallest absolute Gasteiger partial charge is 0.340 e. The number of thiophene rings is 1. The Hall–Kier alpha value is -1.74. The molecule has 2 aromatic rings. The van der Waals surface area contributed by atoms with E-state index in [-0.39, 0.29) is 16.3 Å². The lowest BCUT2D eigenvalue weighted by Gasteiger charge is -2.28. The Morgan fingerprint density at radius 3 is 2.69 bits per heavy atom. The predicted octanol–water partition coefficient (Wildman–Crippen LogP) is 3.38. The summed E-state index contributed by atoms with van der Waals surface area (Å²) in [7, 11) is -2.43. The number of nitrogens with one attached hydrogen (secondary N) is 1. The Morgan fingerprint density at radius 1 is 1.31 bits per heavy atom. The van der Waals surface area contributed by atoms with Crippen LogP contribution in [0.2, 0.25) is 0 Å². The van der Waals surface area contributed by atoms with E-state index in [1.54, 1.807) is 6.92 Å². The second-order valence-corrected chi connectivity index (χ2v) is 10.4. The minimum Gasteiger partial charge on any atom is -0.465 e. The minimum absolute atomic E-state index is 0.0794. The number of hydrogen-bond acceptors (Lipinski definition) is 6. The van der Waals surface area contributed by atoms with Gasteiger partial charge in [-0.3, -0.25) is 4.90 Å². The average molecular weight is 437 g/mol. The zero-order valence-electron chi connectivity index (χ0n) is 17.1. The molecule has 2 heterocycles. The molecule has 0 radical (unpaired) electrons. The van der Waals surface area contributed by atoms with Crippen LogP contribution in [-0.4, -0.2) is 46.0 Å². The number of rotatable bonds is 8. The Bertz CT molecular complexity index is 955. The van der Waals surface area contributed by atoms with Gasteiger partial charge in [0.15, 0.2) is 0 Å². The third-order valence-corrected chi connectivity index (χ3v) is 8.60. The number of benzene rings is 1. The molecule has 6 nitrogen and oxygen atoms in total. The highest BCUT2D eigenvalue weighted by atomic mass is 32.2. The van der Waals surface area contributed by atoms with Gasteiger partial charge in [0.1, 0.15) is 4.21 Å². The molecule has 0 bridgehead atoms. The first-order valence-electron chi connectivity index (χ1n) is 9.87. The lowest BCUT2D eigenvalue weighted by molar-refractivity contribution is 0.0595. The van der Waals surface area contributed by atoms with Gasteiger partial charge in [0.05, 0.1) is 12.7 Å². The van der Waals surface area contributed by atoms with Gasteiger partial charge in [-0.2, -0.15) is 0 Å². The first-order chi connectivity index (χ1) is 13.9. The van der Waals surface area contributed by atoms with Crippen molar-refractivity contribution in [2.75, 3.05) is 26.7 Å². The monoisotopic (exact) mass is 436 g/mol. The minimum atomic E-state index is -3.72. The van der Waals surface area contributed by atoms with Gasteiger partial charge in [-0.15, -0.1) is 11.3 Å². The van der Waals surface area contributed by atoms with Crippen LogP contribution in [0.25, 0.3) is 0 Å². The van der Waals surface area contributed by atoms with E-state index in [2.05, 4.69) is 40.8 Å². The molecule has 0 fully saturated rings. The van der Waals surface area contributed by atoms with Gasteiger partial charge in [-0.1, -0.05) is 44.2 Å². The third-order valence-electron chi connectivity index (χ3n) is 5.32. The molecular weight excluding hydrogens is 408 g/mol. The molecule has 1 aliphatic rings. The van der Waals surface area contributed by atoms with Crippen LogP contribution in [0.1, 0.15) is 52.5 Å². The average Bonchev–Trinajstić information content (AvgIpc) is 3.12. The number of carbonyl (C=O) groups is 1. The number of fused-ring (bicyclic) bond motifs is 1. The number of nitrogens with zero attached hydrogens (tertiary/aromatic N) is 1. The van der Waals surface area contributed by atoms with E-state index in [0.717, 1.165) is 30.0 Å². The molecule has 0 saturated heterocycles. The van der Waals surface area contributed by atoms with Gasteiger partial charge >= 0.3 is 5.97 Å². The normalized spacial score (nSPS) is 15.7. The van der Waals surface area contributed by atoms with E-state index >= 15 is 0 Å². The van der Waals surface area contributed by atoms with Crippen molar-refractivity contribution in [2.24, 2.45) is 0 Å². The van der Waals surface area contributed by atoms with Crippen molar-refractivity contribution < 1.29 is 17.9 Å². The zero-order chi connectivity index (χ0) is 21.0. The molecule has 1 atom stereocenters. The van der Waals surface area contributed by atoms with E-state index in [1.807, 2.05) is 6.07 Å². The summed E-state index contributed by atoms with van der Waals surface area (Å²) in [5, 5.41) is 0. The first kappa shape index (κ1) is 22.0. The van der Waals surface area contributed by atoms with Crippen molar-refractivity contribution in [1.82, 2.24) is 9.62 Å². The van der Waals surface area contributed by atoms with Crippen LogP contribution in [0.3, 0.4) is 0 Å². The highest BCUT2D eigenvalue weighted by Gasteiger charge is 2.33. The molecule has 1 aromatic carbocycles. The summed E-state index contributed by atoms with van der Waals surface area (Å²) in [6.07, 6.45) is 1.68.